The van der Waals surface area contributed by atoms with E-state index < -0.39 is 0 Å². The number of anilines is 2. The summed E-state index contributed by atoms with van der Waals surface area (Å²) in [5, 5.41) is 13.3. The maximum atomic E-state index is 9.04. The number of pyridine rings is 3. The quantitative estimate of drug-likeness (QED) is 0.383. The molecule has 5 heterocycles. The van der Waals surface area contributed by atoms with Gasteiger partial charge in [0.25, 0.3) is 0 Å². The Morgan fingerprint density at radius 1 is 1.03 bits per heavy atom. The maximum absolute atomic E-state index is 9.04. The SMILES string of the molecule is OCCNc1nccc(Sc2ccc3nc(N4CCC5(CC4)Cc4cccnc4C5)cnc3n2)c1Cl. The summed E-state index contributed by atoms with van der Waals surface area (Å²) in [6.07, 6.45) is 9.93. The van der Waals surface area contributed by atoms with Gasteiger partial charge in [-0.2, -0.15) is 0 Å². The molecule has 1 aliphatic carbocycles. The van der Waals surface area contributed by atoms with Gasteiger partial charge in [0.2, 0.25) is 0 Å². The Hall–Kier alpha value is -3.01. The molecule has 4 aromatic rings. The lowest BCUT2D eigenvalue weighted by Gasteiger charge is -2.39. The Balaban J connectivity index is 1.15. The van der Waals surface area contributed by atoms with Gasteiger partial charge in [-0.15, -0.1) is 0 Å². The topological polar surface area (TPSA) is 100.0 Å². The first-order valence-electron chi connectivity index (χ1n) is 12.1. The molecule has 0 bridgehead atoms. The van der Waals surface area contributed by atoms with Crippen LogP contribution in [0.1, 0.15) is 24.1 Å². The van der Waals surface area contributed by atoms with E-state index in [2.05, 4.69) is 37.3 Å². The maximum Gasteiger partial charge on any atom is 0.179 e. The van der Waals surface area contributed by atoms with Gasteiger partial charge in [0.1, 0.15) is 22.2 Å². The summed E-state index contributed by atoms with van der Waals surface area (Å²) in [6, 6.07) is 10.0. The number of hydrogen-bond acceptors (Lipinski definition) is 9. The molecule has 0 atom stereocenters. The van der Waals surface area contributed by atoms with E-state index in [-0.39, 0.29) is 6.61 Å². The fourth-order valence-corrected chi connectivity index (χ4v) is 6.28. The Morgan fingerprint density at radius 2 is 1.92 bits per heavy atom. The van der Waals surface area contributed by atoms with Gasteiger partial charge in [-0.05, 0) is 60.9 Å². The molecular formula is C26H26ClN7OS. The highest BCUT2D eigenvalue weighted by Crippen LogP contribution is 2.44. The molecule has 0 aromatic carbocycles. The summed E-state index contributed by atoms with van der Waals surface area (Å²) >= 11 is 7.94. The predicted octanol–water partition coefficient (Wildman–Crippen LogP) is 4.41. The van der Waals surface area contributed by atoms with Crippen molar-refractivity contribution in [3.05, 3.63) is 65.2 Å². The summed E-state index contributed by atoms with van der Waals surface area (Å²) < 4.78 is 0. The van der Waals surface area contributed by atoms with Crippen LogP contribution in [0.3, 0.4) is 0 Å². The van der Waals surface area contributed by atoms with Crippen LogP contribution in [0.5, 0.6) is 0 Å². The third-order valence-electron chi connectivity index (χ3n) is 7.08. The zero-order chi connectivity index (χ0) is 24.5. The van der Waals surface area contributed by atoms with Crippen molar-refractivity contribution in [3.63, 3.8) is 0 Å². The molecule has 1 aliphatic heterocycles. The summed E-state index contributed by atoms with van der Waals surface area (Å²) in [5.74, 6) is 1.45. The first-order chi connectivity index (χ1) is 17.6. The Bertz CT molecular complexity index is 1380. The van der Waals surface area contributed by atoms with Gasteiger partial charge in [0.05, 0.1) is 17.8 Å². The van der Waals surface area contributed by atoms with Gasteiger partial charge in [-0.3, -0.25) is 4.98 Å². The van der Waals surface area contributed by atoms with Crippen LogP contribution in [-0.4, -0.2) is 56.3 Å². The highest BCUT2D eigenvalue weighted by molar-refractivity contribution is 7.99. The second-order valence-corrected chi connectivity index (χ2v) is 10.8. The minimum atomic E-state index is 0.00626. The zero-order valence-corrected chi connectivity index (χ0v) is 21.3. The van der Waals surface area contributed by atoms with Gasteiger partial charge in [-0.1, -0.05) is 29.4 Å². The van der Waals surface area contributed by atoms with Gasteiger partial charge in [-0.25, -0.2) is 19.9 Å². The van der Waals surface area contributed by atoms with Crippen LogP contribution >= 0.6 is 23.4 Å². The van der Waals surface area contributed by atoms with Crippen LogP contribution in [0.4, 0.5) is 11.6 Å². The molecule has 0 radical (unpaired) electrons. The third kappa shape index (κ3) is 4.58. The lowest BCUT2D eigenvalue weighted by molar-refractivity contribution is 0.231. The van der Waals surface area contributed by atoms with Gasteiger partial charge in [0, 0.05) is 42.6 Å². The molecule has 8 nitrogen and oxygen atoms in total. The zero-order valence-electron chi connectivity index (χ0n) is 19.7. The molecule has 1 saturated heterocycles. The van der Waals surface area contributed by atoms with Crippen molar-refractivity contribution < 1.29 is 5.11 Å². The summed E-state index contributed by atoms with van der Waals surface area (Å²) in [7, 11) is 0. The molecule has 10 heteroatoms. The van der Waals surface area contributed by atoms with Crippen molar-refractivity contribution in [2.24, 2.45) is 5.41 Å². The van der Waals surface area contributed by atoms with E-state index in [1.807, 2.05) is 30.6 Å². The number of aliphatic hydroxyl groups excluding tert-OH is 1. The first-order valence-corrected chi connectivity index (χ1v) is 13.3. The molecule has 1 spiro atoms. The number of aliphatic hydroxyl groups is 1. The lowest BCUT2D eigenvalue weighted by atomic mass is 9.76. The predicted molar refractivity (Wildman–Crippen MR) is 142 cm³/mol. The van der Waals surface area contributed by atoms with Crippen molar-refractivity contribution in [3.8, 4) is 0 Å². The Kier molecular flexibility index (Phi) is 6.37. The molecular weight excluding hydrogens is 494 g/mol. The monoisotopic (exact) mass is 519 g/mol. The molecule has 0 amide bonds. The Morgan fingerprint density at radius 3 is 2.75 bits per heavy atom. The number of rotatable bonds is 6. The van der Waals surface area contributed by atoms with Crippen molar-refractivity contribution >= 4 is 46.2 Å². The van der Waals surface area contributed by atoms with E-state index in [1.54, 1.807) is 6.20 Å². The minimum Gasteiger partial charge on any atom is -0.395 e. The number of piperidine rings is 1. The second kappa shape index (κ2) is 9.80. The van der Waals surface area contributed by atoms with Crippen LogP contribution in [0.25, 0.3) is 11.2 Å². The average Bonchev–Trinajstić information content (AvgIpc) is 3.27. The fourth-order valence-electron chi connectivity index (χ4n) is 5.18. The van der Waals surface area contributed by atoms with E-state index in [4.69, 9.17) is 26.7 Å². The lowest BCUT2D eigenvalue weighted by Crippen LogP contribution is -2.41. The molecule has 0 saturated carbocycles. The molecule has 184 valence electrons. The van der Waals surface area contributed by atoms with Crippen LogP contribution in [0.15, 0.2) is 58.8 Å². The third-order valence-corrected chi connectivity index (χ3v) is 8.57. The van der Waals surface area contributed by atoms with Crippen molar-refractivity contribution in [1.82, 2.24) is 24.9 Å². The van der Waals surface area contributed by atoms with E-state index in [0.717, 1.165) is 60.0 Å². The highest BCUT2D eigenvalue weighted by atomic mass is 35.5. The molecule has 1 fully saturated rings. The molecule has 36 heavy (non-hydrogen) atoms. The number of fused-ring (bicyclic) bond motifs is 2. The van der Waals surface area contributed by atoms with Crippen LogP contribution in [-0.2, 0) is 12.8 Å². The number of nitrogens with one attached hydrogen (secondary N) is 1. The molecule has 0 unspecified atom stereocenters. The molecule has 6 rings (SSSR count). The Labute approximate surface area is 218 Å². The van der Waals surface area contributed by atoms with Gasteiger partial charge in [0.15, 0.2) is 5.65 Å². The molecule has 2 aliphatic rings. The minimum absolute atomic E-state index is 0.00626. The summed E-state index contributed by atoms with van der Waals surface area (Å²) in [6.45, 7) is 2.34. The van der Waals surface area contributed by atoms with Crippen LogP contribution < -0.4 is 10.2 Å². The van der Waals surface area contributed by atoms with Crippen LogP contribution in [0, 0.1) is 5.41 Å². The van der Waals surface area contributed by atoms with Crippen molar-refractivity contribution in [1.29, 1.82) is 0 Å². The molecule has 2 N–H and O–H groups in total. The number of aromatic nitrogens is 5. The van der Waals surface area contributed by atoms with Crippen molar-refractivity contribution in [2.75, 3.05) is 36.5 Å². The number of nitrogens with zero attached hydrogens (tertiary/aromatic N) is 6. The average molecular weight is 520 g/mol. The van der Waals surface area contributed by atoms with E-state index in [1.165, 1.54) is 23.0 Å². The smallest absolute Gasteiger partial charge is 0.179 e. The standard InChI is InChI=1S/C26H26ClN7OS/c27-23-20(5-9-29-25(23)30-10-13-35)36-22-4-3-18-24(33-22)31-16-21(32-18)34-11-6-26(7-12-34)14-17-2-1-8-28-19(17)15-26/h1-5,8-9,16,35H,6-7,10-15H2,(H,29,30). The number of halogens is 1. The normalized spacial score (nSPS) is 16.4. The highest BCUT2D eigenvalue weighted by Gasteiger charge is 2.40. The molecule has 4 aromatic heterocycles. The summed E-state index contributed by atoms with van der Waals surface area (Å²) in [5.41, 5.74) is 4.43. The largest absolute Gasteiger partial charge is 0.395 e. The van der Waals surface area contributed by atoms with Gasteiger partial charge < -0.3 is 15.3 Å². The van der Waals surface area contributed by atoms with Crippen molar-refractivity contribution in [2.45, 2.75) is 35.6 Å². The van der Waals surface area contributed by atoms with E-state index in [0.29, 0.717) is 28.4 Å². The first kappa shape index (κ1) is 23.4. The summed E-state index contributed by atoms with van der Waals surface area (Å²) in [4.78, 5) is 26.2. The van der Waals surface area contributed by atoms with Crippen LogP contribution in [0.2, 0.25) is 5.02 Å². The van der Waals surface area contributed by atoms with Gasteiger partial charge >= 0.3 is 0 Å². The fraction of sp³-hybridized carbons (Fsp3) is 0.346. The van der Waals surface area contributed by atoms with E-state index in [9.17, 15) is 0 Å². The second-order valence-electron chi connectivity index (χ2n) is 9.39. The number of hydrogen-bond donors (Lipinski definition) is 2. The van der Waals surface area contributed by atoms with E-state index >= 15 is 0 Å².